The van der Waals surface area contributed by atoms with Gasteiger partial charge in [-0.1, -0.05) is 0 Å². The van der Waals surface area contributed by atoms with Gasteiger partial charge in [0.2, 0.25) is 0 Å². The predicted octanol–water partition coefficient (Wildman–Crippen LogP) is -3.50. The maximum atomic E-state index is 9.45. The number of rotatable bonds is 0. The van der Waals surface area contributed by atoms with Gasteiger partial charge >= 0.3 is 71.8 Å². The van der Waals surface area contributed by atoms with Gasteiger partial charge < -0.3 is 26.1 Å². The zero-order valence-corrected chi connectivity index (χ0v) is 5.65. The van der Waals surface area contributed by atoms with Gasteiger partial charge in [-0.05, 0) is 0 Å². The van der Waals surface area contributed by atoms with Crippen molar-refractivity contribution >= 4 is 71.8 Å². The minimum absolute atomic E-state index is 0. The van der Waals surface area contributed by atoms with Crippen LogP contribution in [-0.4, -0.2) is 77.9 Å². The molecule has 0 aliphatic heterocycles. The molecule has 0 aromatic carbocycles. The van der Waals surface area contributed by atoms with Crippen molar-refractivity contribution in [3.63, 3.8) is 0 Å². The SMILES string of the molecule is NC(=O)C(N)=O.OP(O)O.[KH]. The average molecular weight is 210 g/mol. The molecule has 0 saturated heterocycles. The third-order valence-corrected chi connectivity index (χ3v) is 0.243. The van der Waals surface area contributed by atoms with Gasteiger partial charge in [0, 0.05) is 0 Å². The van der Waals surface area contributed by atoms with E-state index in [0.717, 1.165) is 0 Å². The van der Waals surface area contributed by atoms with Crippen molar-refractivity contribution in [3.05, 3.63) is 0 Å². The van der Waals surface area contributed by atoms with E-state index in [0.29, 0.717) is 0 Å². The summed E-state index contributed by atoms with van der Waals surface area (Å²) in [5.41, 5.74) is 8.64. The van der Waals surface area contributed by atoms with Gasteiger partial charge in [-0.3, -0.25) is 9.59 Å². The number of carbonyl (C=O) groups is 2. The molecule has 0 aliphatic carbocycles. The van der Waals surface area contributed by atoms with Crippen LogP contribution in [0.4, 0.5) is 0 Å². The summed E-state index contributed by atoms with van der Waals surface area (Å²) in [4.78, 5) is 40.6. The van der Waals surface area contributed by atoms with Gasteiger partial charge in [0.25, 0.3) is 0 Å². The molecule has 9 heteroatoms. The fourth-order valence-corrected chi connectivity index (χ4v) is 0. The van der Waals surface area contributed by atoms with Gasteiger partial charge in [0.15, 0.2) is 0 Å². The standard InChI is InChI=1S/C2H4N2O2.K.H3O3P.H/c3-1(5)2(4)6;;1-4(2)3;/h(H2,3,5)(H2,4,6);;1-3H;. The summed E-state index contributed by atoms with van der Waals surface area (Å²) in [6.45, 7) is 0. The summed E-state index contributed by atoms with van der Waals surface area (Å²) in [6, 6.07) is 0. The first-order valence-electron chi connectivity index (χ1n) is 1.84. The van der Waals surface area contributed by atoms with Gasteiger partial charge in [0.1, 0.15) is 0 Å². The first-order valence-corrected chi connectivity index (χ1v) is 3.04. The molecule has 0 spiro atoms. The van der Waals surface area contributed by atoms with E-state index in [9.17, 15) is 9.59 Å². The summed E-state index contributed by atoms with van der Waals surface area (Å²) in [6.07, 6.45) is 0. The predicted molar refractivity (Wildman–Crippen MR) is 39.1 cm³/mol. The second kappa shape index (κ2) is 10.9. The molecule has 62 valence electrons. The van der Waals surface area contributed by atoms with Crippen LogP contribution in [0, 0.1) is 0 Å². The molecular formula is C2H8KN2O5P. The molecule has 0 bridgehead atoms. The molecule has 0 unspecified atom stereocenters. The van der Waals surface area contributed by atoms with Crippen LogP contribution in [0.2, 0.25) is 0 Å². The first-order chi connectivity index (χ1) is 4.37. The van der Waals surface area contributed by atoms with Crippen LogP contribution in [0.3, 0.4) is 0 Å². The van der Waals surface area contributed by atoms with Crippen molar-refractivity contribution in [2.24, 2.45) is 11.5 Å². The van der Waals surface area contributed by atoms with Gasteiger partial charge in [-0.15, -0.1) is 0 Å². The van der Waals surface area contributed by atoms with Crippen LogP contribution >= 0.6 is 8.60 Å². The Balaban J connectivity index is -0.000000114. The molecule has 0 aromatic heterocycles. The summed E-state index contributed by atoms with van der Waals surface area (Å²) in [5, 5.41) is 0. The Labute approximate surface area is 106 Å². The molecule has 7 nitrogen and oxygen atoms in total. The first kappa shape index (κ1) is 17.8. The molecule has 0 rings (SSSR count). The van der Waals surface area contributed by atoms with E-state index in [1.807, 2.05) is 0 Å². The van der Waals surface area contributed by atoms with Crippen LogP contribution in [0.5, 0.6) is 0 Å². The normalized spacial score (nSPS) is 7.27. The number of primary amides is 2. The molecule has 0 atom stereocenters. The Kier molecular flexibility index (Phi) is 17.7. The molecule has 11 heavy (non-hydrogen) atoms. The quantitative estimate of drug-likeness (QED) is 0.160. The van der Waals surface area contributed by atoms with Crippen LogP contribution in [-0.2, 0) is 9.59 Å². The van der Waals surface area contributed by atoms with Crippen molar-refractivity contribution in [1.29, 1.82) is 0 Å². The Bertz CT molecular complexity index is 115. The Morgan fingerprint density at radius 2 is 1.09 bits per heavy atom. The number of hydrogen-bond acceptors (Lipinski definition) is 5. The Morgan fingerprint density at radius 1 is 1.00 bits per heavy atom. The fraction of sp³-hybridized carbons (Fsp3) is 0. The van der Waals surface area contributed by atoms with E-state index in [4.69, 9.17) is 14.7 Å². The number of amides is 2. The summed E-state index contributed by atoms with van der Waals surface area (Å²) < 4.78 is 0. The second-order valence-corrected chi connectivity index (χ2v) is 1.53. The molecule has 7 N–H and O–H groups in total. The van der Waals surface area contributed by atoms with Crippen molar-refractivity contribution in [2.45, 2.75) is 0 Å². The van der Waals surface area contributed by atoms with E-state index in [-0.39, 0.29) is 51.4 Å². The Morgan fingerprint density at radius 3 is 1.09 bits per heavy atom. The third-order valence-electron chi connectivity index (χ3n) is 0.243. The van der Waals surface area contributed by atoms with Gasteiger partial charge in [-0.2, -0.15) is 0 Å². The topological polar surface area (TPSA) is 147 Å². The summed E-state index contributed by atoms with van der Waals surface area (Å²) in [5.74, 6) is -2.20. The van der Waals surface area contributed by atoms with E-state index < -0.39 is 20.4 Å². The van der Waals surface area contributed by atoms with Crippen LogP contribution in [0.25, 0.3) is 0 Å². The molecule has 0 aliphatic rings. The monoisotopic (exact) mass is 210 g/mol. The van der Waals surface area contributed by atoms with E-state index in [1.165, 1.54) is 0 Å². The van der Waals surface area contributed by atoms with Crippen molar-refractivity contribution in [2.75, 3.05) is 0 Å². The minimum atomic E-state index is -2.62. The molecule has 0 saturated carbocycles. The van der Waals surface area contributed by atoms with Gasteiger partial charge in [-0.25, -0.2) is 0 Å². The number of hydrogen-bond donors (Lipinski definition) is 5. The third kappa shape index (κ3) is 36.0. The summed E-state index contributed by atoms with van der Waals surface area (Å²) >= 11 is 0. The second-order valence-electron chi connectivity index (χ2n) is 0.997. The zero-order chi connectivity index (χ0) is 8.73. The van der Waals surface area contributed by atoms with Crippen LogP contribution in [0.1, 0.15) is 0 Å². The van der Waals surface area contributed by atoms with E-state index in [1.54, 1.807) is 0 Å². The average Bonchev–Trinajstić information content (AvgIpc) is 1.63. The van der Waals surface area contributed by atoms with Crippen molar-refractivity contribution in [3.8, 4) is 0 Å². The Hall–Kier alpha value is 0.886. The molecule has 0 aromatic rings. The molecule has 0 radical (unpaired) electrons. The molecule has 0 fully saturated rings. The van der Waals surface area contributed by atoms with Crippen molar-refractivity contribution in [1.82, 2.24) is 0 Å². The number of nitrogens with two attached hydrogens (primary N) is 2. The fourth-order valence-electron chi connectivity index (χ4n) is 0. The van der Waals surface area contributed by atoms with Crippen LogP contribution in [0.15, 0.2) is 0 Å². The van der Waals surface area contributed by atoms with E-state index in [2.05, 4.69) is 11.5 Å². The summed E-state index contributed by atoms with van der Waals surface area (Å²) in [7, 11) is -2.62. The number of carbonyl (C=O) groups excluding carboxylic acids is 2. The van der Waals surface area contributed by atoms with Crippen molar-refractivity contribution < 1.29 is 24.3 Å². The van der Waals surface area contributed by atoms with E-state index >= 15 is 0 Å². The van der Waals surface area contributed by atoms with Gasteiger partial charge in [0.05, 0.1) is 0 Å². The zero-order valence-electron chi connectivity index (χ0n) is 4.76. The maximum absolute atomic E-state index is 9.45. The molecule has 2 amide bonds. The molecular weight excluding hydrogens is 202 g/mol. The van der Waals surface area contributed by atoms with Crippen LogP contribution < -0.4 is 11.5 Å². The molecule has 0 heterocycles.